The predicted octanol–water partition coefficient (Wildman–Crippen LogP) is 2.56. The van der Waals surface area contributed by atoms with Gasteiger partial charge in [-0.25, -0.2) is 0 Å². The summed E-state index contributed by atoms with van der Waals surface area (Å²) >= 11 is 5.33. The lowest BCUT2D eigenvalue weighted by Crippen LogP contribution is -2.28. The number of thiophene rings is 1. The molecule has 1 aromatic rings. The Labute approximate surface area is 97.4 Å². The van der Waals surface area contributed by atoms with Crippen molar-refractivity contribution in [3.8, 4) is 0 Å². The van der Waals surface area contributed by atoms with Crippen molar-refractivity contribution in [1.29, 1.82) is 0 Å². The summed E-state index contributed by atoms with van der Waals surface area (Å²) < 4.78 is 1.22. The van der Waals surface area contributed by atoms with E-state index in [0.29, 0.717) is 0 Å². The van der Waals surface area contributed by atoms with Crippen molar-refractivity contribution in [2.75, 3.05) is 31.1 Å². The van der Waals surface area contributed by atoms with Crippen molar-refractivity contribution in [1.82, 2.24) is 5.32 Å². The van der Waals surface area contributed by atoms with Crippen LogP contribution in [0.4, 0.5) is 5.00 Å². The number of rotatable bonds is 1. The minimum Gasteiger partial charge on any atom is -0.362 e. The van der Waals surface area contributed by atoms with Gasteiger partial charge in [-0.1, -0.05) is 6.92 Å². The van der Waals surface area contributed by atoms with Crippen LogP contribution in [0.1, 0.15) is 6.92 Å². The van der Waals surface area contributed by atoms with E-state index in [1.54, 1.807) is 0 Å². The summed E-state index contributed by atoms with van der Waals surface area (Å²) in [4.78, 5) is 2.47. The first-order valence-electron chi connectivity index (χ1n) is 4.96. The second kappa shape index (κ2) is 4.64. The Morgan fingerprint density at radius 1 is 1.57 bits per heavy atom. The maximum absolute atomic E-state index is 3.51. The van der Waals surface area contributed by atoms with E-state index in [1.165, 1.54) is 15.3 Å². The summed E-state index contributed by atoms with van der Waals surface area (Å²) in [5.74, 6) is 0.735. The van der Waals surface area contributed by atoms with Crippen molar-refractivity contribution in [2.45, 2.75) is 6.92 Å². The van der Waals surface area contributed by atoms with E-state index in [2.05, 4.69) is 45.2 Å². The summed E-state index contributed by atoms with van der Waals surface area (Å²) in [5.41, 5.74) is 0. The molecule has 1 aliphatic heterocycles. The Balaban J connectivity index is 2.08. The second-order valence-corrected chi connectivity index (χ2v) is 6.27. The Morgan fingerprint density at radius 2 is 2.43 bits per heavy atom. The van der Waals surface area contributed by atoms with Crippen molar-refractivity contribution in [3.63, 3.8) is 0 Å². The molecule has 1 saturated heterocycles. The molecule has 1 aliphatic rings. The van der Waals surface area contributed by atoms with Crippen molar-refractivity contribution < 1.29 is 0 Å². The van der Waals surface area contributed by atoms with E-state index in [-0.39, 0.29) is 0 Å². The number of hydrogen-bond donors (Lipinski definition) is 1. The van der Waals surface area contributed by atoms with Crippen LogP contribution >= 0.6 is 27.3 Å². The summed E-state index contributed by atoms with van der Waals surface area (Å²) in [7, 11) is 0. The van der Waals surface area contributed by atoms with Gasteiger partial charge in [-0.3, -0.25) is 0 Å². The zero-order valence-electron chi connectivity index (χ0n) is 8.29. The maximum Gasteiger partial charge on any atom is 0.0920 e. The van der Waals surface area contributed by atoms with Gasteiger partial charge in [-0.05, 0) is 40.5 Å². The third-order valence-corrected chi connectivity index (χ3v) is 4.14. The highest BCUT2D eigenvalue weighted by molar-refractivity contribution is 9.11. The molecule has 1 atom stereocenters. The highest BCUT2D eigenvalue weighted by Gasteiger charge is 2.15. The molecule has 0 radical (unpaired) electrons. The molecule has 1 aromatic heterocycles. The average Bonchev–Trinajstić information content (AvgIpc) is 2.45. The first kappa shape index (κ1) is 10.5. The van der Waals surface area contributed by atoms with Gasteiger partial charge in [-0.2, -0.15) is 0 Å². The van der Waals surface area contributed by atoms with E-state index in [4.69, 9.17) is 0 Å². The number of nitrogens with zero attached hydrogens (tertiary/aromatic N) is 1. The van der Waals surface area contributed by atoms with Gasteiger partial charge in [0.15, 0.2) is 0 Å². The minimum absolute atomic E-state index is 0.735. The summed E-state index contributed by atoms with van der Waals surface area (Å²) in [6.07, 6.45) is 0. The minimum atomic E-state index is 0.735. The third kappa shape index (κ3) is 2.49. The van der Waals surface area contributed by atoms with Crippen LogP contribution < -0.4 is 10.2 Å². The Morgan fingerprint density at radius 3 is 3.14 bits per heavy atom. The quantitative estimate of drug-likeness (QED) is 0.847. The first-order valence-corrected chi connectivity index (χ1v) is 6.57. The van der Waals surface area contributed by atoms with Crippen LogP contribution in [0.2, 0.25) is 0 Å². The summed E-state index contributed by atoms with van der Waals surface area (Å²) in [6.45, 7) is 6.83. The van der Waals surface area contributed by atoms with Crippen LogP contribution in [0.5, 0.6) is 0 Å². The van der Waals surface area contributed by atoms with E-state index in [0.717, 1.165) is 25.6 Å². The van der Waals surface area contributed by atoms with E-state index in [9.17, 15) is 0 Å². The lowest BCUT2D eigenvalue weighted by atomic mass is 10.2. The molecular formula is C10H15BrN2S. The van der Waals surface area contributed by atoms with Crippen LogP contribution in [0.3, 0.4) is 0 Å². The van der Waals surface area contributed by atoms with Gasteiger partial charge in [0.1, 0.15) is 0 Å². The molecule has 1 fully saturated rings. The SMILES string of the molecule is CC1CNCCN(c2ccc(Br)s2)C1. The zero-order chi connectivity index (χ0) is 9.97. The Bertz CT molecular complexity index is 300. The Kier molecular flexibility index (Phi) is 3.47. The molecule has 0 saturated carbocycles. The molecule has 2 nitrogen and oxygen atoms in total. The van der Waals surface area contributed by atoms with Crippen LogP contribution in [0, 0.1) is 5.92 Å². The van der Waals surface area contributed by atoms with Gasteiger partial charge < -0.3 is 10.2 Å². The molecule has 0 bridgehead atoms. The normalized spacial score (nSPS) is 23.6. The summed E-state index contributed by atoms with van der Waals surface area (Å²) in [6, 6.07) is 4.33. The van der Waals surface area contributed by atoms with Gasteiger partial charge in [0.2, 0.25) is 0 Å². The van der Waals surface area contributed by atoms with Crippen molar-refractivity contribution in [2.24, 2.45) is 5.92 Å². The molecule has 0 spiro atoms. The van der Waals surface area contributed by atoms with E-state index >= 15 is 0 Å². The highest BCUT2D eigenvalue weighted by Crippen LogP contribution is 2.30. The van der Waals surface area contributed by atoms with Gasteiger partial charge in [0.05, 0.1) is 8.79 Å². The standard InChI is InChI=1S/C10H15BrN2S/c1-8-6-12-4-5-13(7-8)10-3-2-9(11)14-10/h2-3,8,12H,4-7H2,1H3. The topological polar surface area (TPSA) is 15.3 Å². The molecule has 0 amide bonds. The molecule has 4 heteroatoms. The lowest BCUT2D eigenvalue weighted by molar-refractivity contribution is 0.564. The fraction of sp³-hybridized carbons (Fsp3) is 0.600. The third-order valence-electron chi connectivity index (χ3n) is 2.45. The lowest BCUT2D eigenvalue weighted by Gasteiger charge is -2.22. The largest absolute Gasteiger partial charge is 0.362 e. The molecule has 0 aromatic carbocycles. The number of halogens is 1. The number of nitrogens with one attached hydrogen (secondary N) is 1. The first-order chi connectivity index (χ1) is 6.75. The van der Waals surface area contributed by atoms with Crippen LogP contribution in [-0.4, -0.2) is 26.2 Å². The predicted molar refractivity (Wildman–Crippen MR) is 66.3 cm³/mol. The smallest absolute Gasteiger partial charge is 0.0920 e. The van der Waals surface area contributed by atoms with Crippen LogP contribution in [0.25, 0.3) is 0 Å². The van der Waals surface area contributed by atoms with Gasteiger partial charge >= 0.3 is 0 Å². The monoisotopic (exact) mass is 274 g/mol. The molecule has 14 heavy (non-hydrogen) atoms. The zero-order valence-corrected chi connectivity index (χ0v) is 10.7. The second-order valence-electron chi connectivity index (χ2n) is 3.83. The molecule has 2 rings (SSSR count). The van der Waals surface area contributed by atoms with Crippen LogP contribution in [0.15, 0.2) is 15.9 Å². The Hall–Kier alpha value is -0.0600. The molecular weight excluding hydrogens is 260 g/mol. The van der Waals surface area contributed by atoms with Gasteiger partial charge in [-0.15, -0.1) is 11.3 Å². The van der Waals surface area contributed by atoms with E-state index < -0.39 is 0 Å². The van der Waals surface area contributed by atoms with Crippen LogP contribution in [-0.2, 0) is 0 Å². The molecule has 1 unspecified atom stereocenters. The average molecular weight is 275 g/mol. The summed E-state index contributed by atoms with van der Waals surface area (Å²) in [5, 5.41) is 4.84. The molecule has 2 heterocycles. The molecule has 1 N–H and O–H groups in total. The maximum atomic E-state index is 3.51. The van der Waals surface area contributed by atoms with Gasteiger partial charge in [0.25, 0.3) is 0 Å². The molecule has 0 aliphatic carbocycles. The number of anilines is 1. The van der Waals surface area contributed by atoms with Gasteiger partial charge in [0, 0.05) is 19.6 Å². The van der Waals surface area contributed by atoms with Crippen molar-refractivity contribution >= 4 is 32.3 Å². The highest BCUT2D eigenvalue weighted by atomic mass is 79.9. The van der Waals surface area contributed by atoms with E-state index in [1.807, 2.05) is 11.3 Å². The molecule has 78 valence electrons. The number of hydrogen-bond acceptors (Lipinski definition) is 3. The van der Waals surface area contributed by atoms with Crippen molar-refractivity contribution in [3.05, 3.63) is 15.9 Å². The fourth-order valence-corrected chi connectivity index (χ4v) is 3.17. The fourth-order valence-electron chi connectivity index (χ4n) is 1.77.